The fourth-order valence-electron chi connectivity index (χ4n) is 2.56. The molecule has 0 saturated heterocycles. The van der Waals surface area contributed by atoms with E-state index in [9.17, 15) is 4.79 Å². The molecular formula is C18H16N6O2. The zero-order chi connectivity index (χ0) is 17.8. The van der Waals surface area contributed by atoms with Gasteiger partial charge in [0.05, 0.1) is 36.6 Å². The van der Waals surface area contributed by atoms with Crippen molar-refractivity contribution in [3.63, 3.8) is 0 Å². The van der Waals surface area contributed by atoms with Crippen LogP contribution in [0.4, 0.5) is 5.82 Å². The van der Waals surface area contributed by atoms with Crippen molar-refractivity contribution < 1.29 is 9.21 Å². The van der Waals surface area contributed by atoms with E-state index in [0.717, 1.165) is 11.3 Å². The molecule has 0 fully saturated rings. The van der Waals surface area contributed by atoms with E-state index in [1.807, 2.05) is 42.5 Å². The van der Waals surface area contributed by atoms with Crippen molar-refractivity contribution in [3.8, 4) is 16.9 Å². The van der Waals surface area contributed by atoms with Crippen LogP contribution in [-0.4, -0.2) is 30.7 Å². The van der Waals surface area contributed by atoms with Gasteiger partial charge in [0.15, 0.2) is 0 Å². The van der Waals surface area contributed by atoms with Crippen LogP contribution in [0.2, 0.25) is 0 Å². The Labute approximate surface area is 149 Å². The lowest BCUT2D eigenvalue weighted by molar-refractivity contribution is -0.116. The molecule has 26 heavy (non-hydrogen) atoms. The molecule has 0 bridgehead atoms. The summed E-state index contributed by atoms with van der Waals surface area (Å²) in [4.78, 5) is 12.4. The Kier molecular flexibility index (Phi) is 4.29. The average Bonchev–Trinajstić information content (AvgIpc) is 3.42. The monoisotopic (exact) mass is 348 g/mol. The van der Waals surface area contributed by atoms with Gasteiger partial charge >= 0.3 is 0 Å². The Morgan fingerprint density at radius 3 is 2.81 bits per heavy atom. The second-order valence-electron chi connectivity index (χ2n) is 5.64. The van der Waals surface area contributed by atoms with Crippen LogP contribution in [0.15, 0.2) is 71.8 Å². The molecule has 1 aromatic carbocycles. The Balaban J connectivity index is 1.58. The number of hydrogen-bond donors (Lipinski definition) is 1. The Bertz CT molecular complexity index is 974. The average molecular weight is 348 g/mol. The molecule has 1 N–H and O–H groups in total. The molecule has 0 aliphatic rings. The predicted octanol–water partition coefficient (Wildman–Crippen LogP) is 2.75. The fraction of sp³-hybridized carbons (Fsp3) is 0.111. The largest absolute Gasteiger partial charge is 0.472 e. The summed E-state index contributed by atoms with van der Waals surface area (Å²) >= 11 is 0. The van der Waals surface area contributed by atoms with Gasteiger partial charge in [0, 0.05) is 24.2 Å². The number of benzene rings is 1. The quantitative estimate of drug-likeness (QED) is 0.578. The minimum absolute atomic E-state index is 0.128. The first-order chi connectivity index (χ1) is 12.8. The number of anilines is 1. The molecule has 3 aromatic heterocycles. The lowest BCUT2D eigenvalue weighted by Gasteiger charge is -2.08. The molecule has 0 spiro atoms. The van der Waals surface area contributed by atoms with E-state index in [1.54, 1.807) is 34.3 Å². The summed E-state index contributed by atoms with van der Waals surface area (Å²) in [6.45, 7) is 0.458. The van der Waals surface area contributed by atoms with Gasteiger partial charge in [0.25, 0.3) is 0 Å². The van der Waals surface area contributed by atoms with Crippen LogP contribution in [0, 0.1) is 0 Å². The molecule has 0 aliphatic heterocycles. The number of amides is 1. The molecule has 8 heteroatoms. The number of carbonyl (C=O) groups excluding carboxylic acids is 1. The van der Waals surface area contributed by atoms with Gasteiger partial charge in [-0.2, -0.15) is 5.10 Å². The highest BCUT2D eigenvalue weighted by molar-refractivity contribution is 5.90. The van der Waals surface area contributed by atoms with Gasteiger partial charge in [-0.25, -0.2) is 4.68 Å². The molecule has 8 nitrogen and oxygen atoms in total. The summed E-state index contributed by atoms with van der Waals surface area (Å²) in [5.41, 5.74) is 2.42. The van der Waals surface area contributed by atoms with Crippen LogP contribution in [0.25, 0.3) is 16.9 Å². The standard InChI is InChI=1S/C18H16N6O2/c25-18(6-9-23-10-8-19-22-23)20-17-12-16(14-7-11-26-13-14)21-24(17)15-4-2-1-3-5-15/h1-5,7-8,10-13H,6,9H2,(H,20,25). The van der Waals surface area contributed by atoms with Crippen molar-refractivity contribution in [3.05, 3.63) is 67.4 Å². The SMILES string of the molecule is O=C(CCn1ccnn1)Nc1cc(-c2ccoc2)nn1-c1ccccc1. The molecule has 130 valence electrons. The number of rotatable bonds is 6. The van der Waals surface area contributed by atoms with E-state index in [4.69, 9.17) is 4.42 Å². The van der Waals surface area contributed by atoms with E-state index in [1.165, 1.54) is 0 Å². The molecule has 0 saturated carbocycles. The molecule has 3 heterocycles. The van der Waals surface area contributed by atoms with Crippen molar-refractivity contribution in [2.45, 2.75) is 13.0 Å². The van der Waals surface area contributed by atoms with Crippen LogP contribution in [-0.2, 0) is 11.3 Å². The van der Waals surface area contributed by atoms with Gasteiger partial charge in [-0.05, 0) is 18.2 Å². The Morgan fingerprint density at radius 2 is 2.08 bits per heavy atom. The van der Waals surface area contributed by atoms with Crippen LogP contribution in [0.3, 0.4) is 0 Å². The van der Waals surface area contributed by atoms with Crippen LogP contribution in [0.1, 0.15) is 6.42 Å². The number of para-hydroxylation sites is 1. The van der Waals surface area contributed by atoms with Gasteiger partial charge < -0.3 is 9.73 Å². The summed E-state index contributed by atoms with van der Waals surface area (Å²) in [6.07, 6.45) is 6.80. The van der Waals surface area contributed by atoms with E-state index in [2.05, 4.69) is 20.7 Å². The lowest BCUT2D eigenvalue weighted by Crippen LogP contribution is -2.17. The summed E-state index contributed by atoms with van der Waals surface area (Å²) in [6, 6.07) is 13.3. The van der Waals surface area contributed by atoms with Crippen molar-refractivity contribution in [2.24, 2.45) is 0 Å². The molecule has 0 unspecified atom stereocenters. The highest BCUT2D eigenvalue weighted by Crippen LogP contribution is 2.25. The molecule has 0 radical (unpaired) electrons. The summed E-state index contributed by atoms with van der Waals surface area (Å²) in [7, 11) is 0. The number of nitrogens with one attached hydrogen (secondary N) is 1. The van der Waals surface area contributed by atoms with E-state index in [-0.39, 0.29) is 12.3 Å². The summed E-state index contributed by atoms with van der Waals surface area (Å²) < 4.78 is 8.45. The first-order valence-corrected chi connectivity index (χ1v) is 8.11. The summed E-state index contributed by atoms with van der Waals surface area (Å²) in [5, 5.41) is 15.1. The zero-order valence-corrected chi connectivity index (χ0v) is 13.8. The number of aromatic nitrogens is 5. The van der Waals surface area contributed by atoms with Gasteiger partial charge in [0.2, 0.25) is 5.91 Å². The third-order valence-corrected chi connectivity index (χ3v) is 3.83. The van der Waals surface area contributed by atoms with Crippen molar-refractivity contribution >= 4 is 11.7 Å². The van der Waals surface area contributed by atoms with Gasteiger partial charge in [-0.3, -0.25) is 9.48 Å². The zero-order valence-electron chi connectivity index (χ0n) is 13.8. The normalized spacial score (nSPS) is 10.8. The molecule has 0 atom stereocenters. The Hall–Kier alpha value is -3.68. The maximum Gasteiger partial charge on any atom is 0.227 e. The van der Waals surface area contributed by atoms with Gasteiger partial charge in [-0.1, -0.05) is 23.4 Å². The van der Waals surface area contributed by atoms with Gasteiger partial charge in [-0.15, -0.1) is 5.10 Å². The van der Waals surface area contributed by atoms with Crippen molar-refractivity contribution in [1.29, 1.82) is 0 Å². The maximum atomic E-state index is 12.4. The van der Waals surface area contributed by atoms with E-state index < -0.39 is 0 Å². The third-order valence-electron chi connectivity index (χ3n) is 3.83. The maximum absolute atomic E-state index is 12.4. The first-order valence-electron chi connectivity index (χ1n) is 8.11. The highest BCUT2D eigenvalue weighted by Gasteiger charge is 2.14. The minimum Gasteiger partial charge on any atom is -0.472 e. The van der Waals surface area contributed by atoms with Crippen LogP contribution < -0.4 is 5.32 Å². The number of nitrogens with zero attached hydrogens (tertiary/aromatic N) is 5. The van der Waals surface area contributed by atoms with Gasteiger partial charge in [0.1, 0.15) is 5.82 Å². The molecular weight excluding hydrogens is 332 g/mol. The lowest BCUT2D eigenvalue weighted by atomic mass is 10.2. The molecule has 4 rings (SSSR count). The Morgan fingerprint density at radius 1 is 1.19 bits per heavy atom. The first kappa shape index (κ1) is 15.8. The van der Waals surface area contributed by atoms with E-state index >= 15 is 0 Å². The predicted molar refractivity (Wildman–Crippen MR) is 94.5 cm³/mol. The van der Waals surface area contributed by atoms with E-state index in [0.29, 0.717) is 18.1 Å². The van der Waals surface area contributed by atoms with Crippen LogP contribution >= 0.6 is 0 Å². The number of carbonyl (C=O) groups is 1. The van der Waals surface area contributed by atoms with Crippen LogP contribution in [0.5, 0.6) is 0 Å². The number of furan rings is 1. The molecule has 4 aromatic rings. The van der Waals surface area contributed by atoms with Crippen molar-refractivity contribution in [2.75, 3.05) is 5.32 Å². The number of hydrogen-bond acceptors (Lipinski definition) is 5. The molecule has 1 amide bonds. The number of aryl methyl sites for hydroxylation is 1. The molecule has 0 aliphatic carbocycles. The third kappa shape index (κ3) is 3.39. The summed E-state index contributed by atoms with van der Waals surface area (Å²) in [5.74, 6) is 0.465. The fourth-order valence-corrected chi connectivity index (χ4v) is 2.56. The minimum atomic E-state index is -0.128. The topological polar surface area (TPSA) is 90.8 Å². The smallest absolute Gasteiger partial charge is 0.227 e. The highest BCUT2D eigenvalue weighted by atomic mass is 16.3. The second kappa shape index (κ2) is 7.06. The van der Waals surface area contributed by atoms with Crippen molar-refractivity contribution in [1.82, 2.24) is 24.8 Å². The second-order valence-corrected chi connectivity index (χ2v) is 5.64.